The first kappa shape index (κ1) is 25.7. The smallest absolute Gasteiger partial charge is 0.137 e. The van der Waals surface area contributed by atoms with Crippen LogP contribution in [0.4, 0.5) is 0 Å². The fourth-order valence-corrected chi connectivity index (χ4v) is 7.62. The van der Waals surface area contributed by atoms with E-state index >= 15 is 0 Å². The SMILES string of the molecule is N#Cc1cccc(-c2cccc(-n3c4ccccc4c4ccccc43)c2)c1-n1c2ccccc2c2ccc3oc4ccccc4c3c21. The van der Waals surface area contributed by atoms with Crippen LogP contribution in [0, 0.1) is 11.3 Å². The molecule has 10 aromatic rings. The van der Waals surface area contributed by atoms with Gasteiger partial charge in [0.15, 0.2) is 0 Å². The van der Waals surface area contributed by atoms with Gasteiger partial charge in [0.1, 0.15) is 17.2 Å². The minimum absolute atomic E-state index is 0.609. The van der Waals surface area contributed by atoms with Gasteiger partial charge >= 0.3 is 0 Å². The van der Waals surface area contributed by atoms with Crippen molar-refractivity contribution in [1.82, 2.24) is 9.13 Å². The van der Waals surface area contributed by atoms with Crippen molar-refractivity contribution in [3.63, 3.8) is 0 Å². The van der Waals surface area contributed by atoms with Crippen molar-refractivity contribution in [2.75, 3.05) is 0 Å². The zero-order valence-corrected chi connectivity index (χ0v) is 25.2. The average molecular weight is 600 g/mol. The number of hydrogen-bond donors (Lipinski definition) is 0. The Morgan fingerprint density at radius 1 is 0.489 bits per heavy atom. The van der Waals surface area contributed by atoms with Gasteiger partial charge in [-0.05, 0) is 60.2 Å². The highest BCUT2D eigenvalue weighted by Gasteiger charge is 2.23. The first-order valence-electron chi connectivity index (χ1n) is 15.8. The monoisotopic (exact) mass is 599 g/mol. The van der Waals surface area contributed by atoms with Crippen LogP contribution in [-0.4, -0.2) is 9.13 Å². The van der Waals surface area contributed by atoms with Gasteiger partial charge in [0, 0.05) is 38.2 Å². The summed E-state index contributed by atoms with van der Waals surface area (Å²) in [6.45, 7) is 0. The minimum Gasteiger partial charge on any atom is -0.456 e. The maximum Gasteiger partial charge on any atom is 0.137 e. The molecule has 0 radical (unpaired) electrons. The van der Waals surface area contributed by atoms with Gasteiger partial charge in [0.25, 0.3) is 0 Å². The van der Waals surface area contributed by atoms with Crippen molar-refractivity contribution in [1.29, 1.82) is 5.26 Å². The number of fused-ring (bicyclic) bond motifs is 10. The predicted molar refractivity (Wildman–Crippen MR) is 193 cm³/mol. The van der Waals surface area contributed by atoms with Crippen LogP contribution in [-0.2, 0) is 0 Å². The lowest BCUT2D eigenvalue weighted by Crippen LogP contribution is -2.02. The molecule has 0 aliphatic rings. The van der Waals surface area contributed by atoms with E-state index in [1.807, 2.05) is 24.3 Å². The molecular weight excluding hydrogens is 574 g/mol. The number of furan rings is 1. The first-order valence-corrected chi connectivity index (χ1v) is 15.8. The summed E-state index contributed by atoms with van der Waals surface area (Å²) in [6, 6.07) is 55.3. The molecule has 0 unspecified atom stereocenters. The fourth-order valence-electron chi connectivity index (χ4n) is 7.62. The highest BCUT2D eigenvalue weighted by Crippen LogP contribution is 2.43. The lowest BCUT2D eigenvalue weighted by Gasteiger charge is -2.17. The van der Waals surface area contributed by atoms with E-state index in [2.05, 4.69) is 143 Å². The number of para-hydroxylation sites is 5. The van der Waals surface area contributed by atoms with Crippen molar-refractivity contribution in [3.8, 4) is 28.6 Å². The van der Waals surface area contributed by atoms with Gasteiger partial charge in [0.05, 0.1) is 38.7 Å². The molecule has 4 nitrogen and oxygen atoms in total. The van der Waals surface area contributed by atoms with Crippen molar-refractivity contribution in [2.45, 2.75) is 0 Å². The van der Waals surface area contributed by atoms with Crippen LogP contribution in [0.5, 0.6) is 0 Å². The summed E-state index contributed by atoms with van der Waals surface area (Å²) in [5.74, 6) is 0. The first-order chi connectivity index (χ1) is 23.3. The molecule has 218 valence electrons. The molecular formula is C43H25N3O. The molecule has 0 amide bonds. The Balaban J connectivity index is 1.31. The third-order valence-electron chi connectivity index (χ3n) is 9.55. The second kappa shape index (κ2) is 9.71. The Kier molecular flexibility index (Phi) is 5.32. The number of rotatable bonds is 3. The number of nitriles is 1. The van der Waals surface area contributed by atoms with E-state index in [1.54, 1.807) is 0 Å². The Bertz CT molecular complexity index is 2880. The molecule has 0 N–H and O–H groups in total. The number of hydrogen-bond acceptors (Lipinski definition) is 2. The summed E-state index contributed by atoms with van der Waals surface area (Å²) in [7, 11) is 0. The van der Waals surface area contributed by atoms with Gasteiger partial charge < -0.3 is 13.6 Å². The molecule has 0 saturated carbocycles. The molecule has 4 heteroatoms. The highest BCUT2D eigenvalue weighted by molar-refractivity contribution is 6.24. The molecule has 0 saturated heterocycles. The van der Waals surface area contributed by atoms with Crippen LogP contribution in [0.15, 0.2) is 156 Å². The number of nitrogens with zero attached hydrogens (tertiary/aromatic N) is 3. The van der Waals surface area contributed by atoms with E-state index in [0.29, 0.717) is 5.56 Å². The van der Waals surface area contributed by atoms with E-state index in [9.17, 15) is 5.26 Å². The minimum atomic E-state index is 0.609. The number of benzene rings is 7. The van der Waals surface area contributed by atoms with Crippen LogP contribution < -0.4 is 0 Å². The largest absolute Gasteiger partial charge is 0.456 e. The summed E-state index contributed by atoms with van der Waals surface area (Å²) in [6.07, 6.45) is 0. The quantitative estimate of drug-likeness (QED) is 0.203. The molecule has 10 rings (SSSR count). The maximum absolute atomic E-state index is 10.6. The van der Waals surface area contributed by atoms with E-state index in [1.165, 1.54) is 10.8 Å². The van der Waals surface area contributed by atoms with Gasteiger partial charge in [-0.2, -0.15) is 5.26 Å². The molecule has 3 aromatic heterocycles. The van der Waals surface area contributed by atoms with Crippen LogP contribution in [0.25, 0.3) is 88.1 Å². The Morgan fingerprint density at radius 2 is 1.11 bits per heavy atom. The van der Waals surface area contributed by atoms with Crippen molar-refractivity contribution < 1.29 is 4.42 Å². The third kappa shape index (κ3) is 3.57. The zero-order valence-electron chi connectivity index (χ0n) is 25.2. The molecule has 0 aliphatic carbocycles. The van der Waals surface area contributed by atoms with Gasteiger partial charge in [0.2, 0.25) is 0 Å². The summed E-state index contributed by atoms with van der Waals surface area (Å²) < 4.78 is 11.0. The fraction of sp³-hybridized carbons (Fsp3) is 0. The number of aromatic nitrogens is 2. The topological polar surface area (TPSA) is 46.8 Å². The van der Waals surface area contributed by atoms with Crippen LogP contribution in [0.3, 0.4) is 0 Å². The standard InChI is InChI=1S/C43H25N3O/c44-26-28-12-10-18-30(27-11-9-13-29(25-27)45-36-19-5-1-14-31(36)32-15-2-6-20-37(32)45)42(28)46-38-21-7-3-16-33(38)34-23-24-40-41(43(34)46)35-17-4-8-22-39(35)47-40/h1-25H. The van der Waals surface area contributed by atoms with Gasteiger partial charge in [-0.1, -0.05) is 97.1 Å². The Morgan fingerprint density at radius 3 is 1.83 bits per heavy atom. The normalized spacial score (nSPS) is 11.8. The van der Waals surface area contributed by atoms with Crippen molar-refractivity contribution in [2.24, 2.45) is 0 Å². The summed E-state index contributed by atoms with van der Waals surface area (Å²) in [5.41, 5.74) is 10.6. The van der Waals surface area contributed by atoms with Gasteiger partial charge in [-0.15, -0.1) is 0 Å². The van der Waals surface area contributed by atoms with E-state index in [-0.39, 0.29) is 0 Å². The van der Waals surface area contributed by atoms with Crippen LogP contribution >= 0.6 is 0 Å². The van der Waals surface area contributed by atoms with E-state index in [0.717, 1.165) is 77.3 Å². The summed E-state index contributed by atoms with van der Waals surface area (Å²) in [4.78, 5) is 0. The molecule has 0 aliphatic heterocycles. The second-order valence-electron chi connectivity index (χ2n) is 12.0. The van der Waals surface area contributed by atoms with E-state index in [4.69, 9.17) is 4.42 Å². The molecule has 0 atom stereocenters. The van der Waals surface area contributed by atoms with Gasteiger partial charge in [-0.3, -0.25) is 0 Å². The molecule has 0 bridgehead atoms. The average Bonchev–Trinajstić information content (AvgIpc) is 3.79. The Hall–Kier alpha value is -6.57. The lowest BCUT2D eigenvalue weighted by atomic mass is 9.99. The van der Waals surface area contributed by atoms with Crippen molar-refractivity contribution in [3.05, 3.63) is 157 Å². The zero-order chi connectivity index (χ0) is 31.1. The molecule has 0 spiro atoms. The molecule has 3 heterocycles. The highest BCUT2D eigenvalue weighted by atomic mass is 16.3. The molecule has 0 fully saturated rings. The summed E-state index contributed by atoms with van der Waals surface area (Å²) in [5, 5.41) is 17.4. The van der Waals surface area contributed by atoms with Crippen LogP contribution in [0.1, 0.15) is 5.56 Å². The van der Waals surface area contributed by atoms with Gasteiger partial charge in [-0.25, -0.2) is 0 Å². The third-order valence-corrected chi connectivity index (χ3v) is 9.55. The Labute approximate surface area is 269 Å². The van der Waals surface area contributed by atoms with Crippen molar-refractivity contribution >= 4 is 65.6 Å². The van der Waals surface area contributed by atoms with Crippen LogP contribution in [0.2, 0.25) is 0 Å². The molecule has 47 heavy (non-hydrogen) atoms. The molecule has 7 aromatic carbocycles. The predicted octanol–water partition coefficient (Wildman–Crippen LogP) is 11.3. The summed E-state index contributed by atoms with van der Waals surface area (Å²) >= 11 is 0. The second-order valence-corrected chi connectivity index (χ2v) is 12.0. The lowest BCUT2D eigenvalue weighted by molar-refractivity contribution is 0.669. The maximum atomic E-state index is 10.6. The van der Waals surface area contributed by atoms with E-state index < -0.39 is 0 Å².